The van der Waals surface area contributed by atoms with E-state index in [2.05, 4.69) is 54.5 Å². The number of carbonyl (C=O) groups is 1. The van der Waals surface area contributed by atoms with Crippen LogP contribution in [0.2, 0.25) is 0 Å². The Morgan fingerprint density at radius 2 is 1.52 bits per heavy atom. The van der Waals surface area contributed by atoms with Gasteiger partial charge >= 0.3 is 0 Å². The third-order valence-corrected chi connectivity index (χ3v) is 5.08. The predicted octanol–water partition coefficient (Wildman–Crippen LogP) is 5.96. The van der Waals surface area contributed by atoms with E-state index in [1.54, 1.807) is 0 Å². The number of hydrogen-bond acceptors (Lipinski definition) is 2. The first-order chi connectivity index (χ1) is 11.2. The third kappa shape index (κ3) is 3.58. The molecule has 0 saturated heterocycles. The van der Waals surface area contributed by atoms with Gasteiger partial charge in [-0.1, -0.05) is 47.6 Å². The minimum atomic E-state index is -0.172. The molecule has 1 aromatic carbocycles. The Bertz CT molecular complexity index is 778. The fourth-order valence-electron chi connectivity index (χ4n) is 3.79. The summed E-state index contributed by atoms with van der Waals surface area (Å²) in [7, 11) is 0. The summed E-state index contributed by atoms with van der Waals surface area (Å²) in [4.78, 5) is 13.0. The summed E-state index contributed by atoms with van der Waals surface area (Å²) >= 11 is 0. The highest BCUT2D eigenvalue weighted by Crippen LogP contribution is 2.46. The van der Waals surface area contributed by atoms with Gasteiger partial charge in [0, 0.05) is 5.56 Å². The lowest BCUT2D eigenvalue weighted by Gasteiger charge is -2.36. The normalized spacial score (nSPS) is 19.3. The number of phenolic OH excluding ortho intramolecular Hbond substituents is 1. The van der Waals surface area contributed by atoms with Gasteiger partial charge in [-0.15, -0.1) is 0 Å². The lowest BCUT2D eigenvalue weighted by atomic mass is 9.66. The maximum absolute atomic E-state index is 13.0. The molecule has 136 valence electrons. The van der Waals surface area contributed by atoms with Gasteiger partial charge in [0.2, 0.25) is 0 Å². The van der Waals surface area contributed by atoms with Gasteiger partial charge < -0.3 is 5.11 Å². The van der Waals surface area contributed by atoms with E-state index in [0.717, 1.165) is 33.4 Å². The maximum atomic E-state index is 13.0. The van der Waals surface area contributed by atoms with Crippen LogP contribution in [0, 0.1) is 18.3 Å². The van der Waals surface area contributed by atoms with E-state index in [1.807, 2.05) is 26.0 Å². The second-order valence-corrected chi connectivity index (χ2v) is 9.53. The Morgan fingerprint density at radius 1 is 0.960 bits per heavy atom. The van der Waals surface area contributed by atoms with E-state index in [-0.39, 0.29) is 22.5 Å². The average molecular weight is 341 g/mol. The van der Waals surface area contributed by atoms with Crippen molar-refractivity contribution in [2.45, 2.75) is 67.7 Å². The zero-order valence-corrected chi connectivity index (χ0v) is 17.2. The van der Waals surface area contributed by atoms with Crippen LogP contribution in [-0.4, -0.2) is 10.9 Å². The van der Waals surface area contributed by atoms with Crippen LogP contribution >= 0.6 is 0 Å². The first-order valence-electron chi connectivity index (χ1n) is 9.03. The quantitative estimate of drug-likeness (QED) is 0.684. The van der Waals surface area contributed by atoms with Crippen LogP contribution in [0.5, 0.6) is 5.75 Å². The van der Waals surface area contributed by atoms with E-state index in [9.17, 15) is 9.90 Å². The zero-order valence-electron chi connectivity index (χ0n) is 17.2. The molecule has 0 radical (unpaired) electrons. The van der Waals surface area contributed by atoms with Crippen molar-refractivity contribution in [2.75, 3.05) is 0 Å². The number of aromatic hydroxyl groups is 1. The van der Waals surface area contributed by atoms with Gasteiger partial charge in [0.1, 0.15) is 5.75 Å². The minimum Gasteiger partial charge on any atom is -0.507 e. The number of allylic oxidation sites excluding steroid dienone is 4. The van der Waals surface area contributed by atoms with Crippen LogP contribution in [0.1, 0.15) is 72.1 Å². The Labute approximate surface area is 152 Å². The van der Waals surface area contributed by atoms with E-state index in [1.165, 1.54) is 0 Å². The number of benzene rings is 1. The van der Waals surface area contributed by atoms with Crippen molar-refractivity contribution < 1.29 is 9.90 Å². The summed E-state index contributed by atoms with van der Waals surface area (Å²) < 4.78 is 0. The first-order valence-corrected chi connectivity index (χ1v) is 9.03. The lowest BCUT2D eigenvalue weighted by Crippen LogP contribution is -2.33. The summed E-state index contributed by atoms with van der Waals surface area (Å²) in [6.07, 6.45) is 2.00. The van der Waals surface area contributed by atoms with Crippen molar-refractivity contribution >= 4 is 11.4 Å². The number of ketones is 1. The Hall–Kier alpha value is -1.83. The van der Waals surface area contributed by atoms with E-state index in [4.69, 9.17) is 0 Å². The van der Waals surface area contributed by atoms with Gasteiger partial charge in [-0.25, -0.2) is 0 Å². The Morgan fingerprint density at radius 3 is 2.00 bits per heavy atom. The fourth-order valence-corrected chi connectivity index (χ4v) is 3.79. The molecule has 1 aliphatic carbocycles. The second kappa shape index (κ2) is 6.16. The molecule has 1 aliphatic rings. The van der Waals surface area contributed by atoms with Crippen LogP contribution in [0.25, 0.3) is 5.57 Å². The monoisotopic (exact) mass is 340 g/mol. The fraction of sp³-hybridized carbons (Fsp3) is 0.522. The Kier molecular flexibility index (Phi) is 4.80. The summed E-state index contributed by atoms with van der Waals surface area (Å²) in [5, 5.41) is 10.5. The first kappa shape index (κ1) is 19.5. The smallest absolute Gasteiger partial charge is 0.166 e. The molecule has 1 unspecified atom stereocenters. The number of Topliss-reactive ketones (excluding diaryl/α,β-unsaturated/α-hetero) is 1. The topological polar surface area (TPSA) is 37.3 Å². The van der Waals surface area contributed by atoms with Gasteiger partial charge in [-0.3, -0.25) is 4.79 Å². The highest BCUT2D eigenvalue weighted by atomic mass is 16.3. The van der Waals surface area contributed by atoms with Crippen molar-refractivity contribution in [3.05, 3.63) is 46.0 Å². The molecule has 1 aromatic rings. The molecule has 25 heavy (non-hydrogen) atoms. The summed E-state index contributed by atoms with van der Waals surface area (Å²) in [6, 6.07) is 4.09. The molecule has 1 atom stereocenters. The second-order valence-electron chi connectivity index (χ2n) is 9.53. The standard InChI is InChI=1S/C23H32O2/c1-13-10-14(2)21(25)19(23(7,8)9)18(13)16-11-15(3)20(24)17(12-16)22(4,5)6/h10-12,19,24H,1-9H3. The SMILES string of the molecule is CC1=CC(C)=C(c2cc(C)c(O)c(C(C)(C)C)c2)C(C(C)(C)C)C1=O. The van der Waals surface area contributed by atoms with E-state index in [0.29, 0.717) is 5.75 Å². The summed E-state index contributed by atoms with van der Waals surface area (Å²) in [5.74, 6) is 0.390. The van der Waals surface area contributed by atoms with Crippen molar-refractivity contribution in [3.63, 3.8) is 0 Å². The molecule has 0 fully saturated rings. The van der Waals surface area contributed by atoms with Crippen molar-refractivity contribution in [3.8, 4) is 5.75 Å². The highest BCUT2D eigenvalue weighted by Gasteiger charge is 2.38. The van der Waals surface area contributed by atoms with Crippen LogP contribution in [0.3, 0.4) is 0 Å². The molecule has 0 saturated carbocycles. The van der Waals surface area contributed by atoms with E-state index >= 15 is 0 Å². The van der Waals surface area contributed by atoms with Gasteiger partial charge in [0.15, 0.2) is 5.78 Å². The molecule has 0 spiro atoms. The molecule has 0 bridgehead atoms. The largest absolute Gasteiger partial charge is 0.507 e. The number of carbonyl (C=O) groups excluding carboxylic acids is 1. The van der Waals surface area contributed by atoms with Gasteiger partial charge in [-0.05, 0) is 71.6 Å². The molecular weight excluding hydrogens is 308 g/mol. The van der Waals surface area contributed by atoms with Crippen LogP contribution in [0.4, 0.5) is 0 Å². The summed E-state index contributed by atoms with van der Waals surface area (Å²) in [5.41, 5.74) is 5.56. The van der Waals surface area contributed by atoms with Crippen LogP contribution in [-0.2, 0) is 10.2 Å². The Balaban J connectivity index is 2.80. The molecule has 2 nitrogen and oxygen atoms in total. The average Bonchev–Trinajstić information content (AvgIpc) is 2.42. The number of rotatable bonds is 1. The lowest BCUT2D eigenvalue weighted by molar-refractivity contribution is -0.120. The van der Waals surface area contributed by atoms with Crippen molar-refractivity contribution in [1.82, 2.24) is 0 Å². The minimum absolute atomic E-state index is 0.166. The molecule has 0 heterocycles. The molecule has 0 aliphatic heterocycles. The predicted molar refractivity (Wildman–Crippen MR) is 106 cm³/mol. The maximum Gasteiger partial charge on any atom is 0.166 e. The van der Waals surface area contributed by atoms with Crippen LogP contribution < -0.4 is 0 Å². The number of aryl methyl sites for hydroxylation is 1. The molecular formula is C23H32O2. The van der Waals surface area contributed by atoms with Crippen molar-refractivity contribution in [2.24, 2.45) is 11.3 Å². The van der Waals surface area contributed by atoms with Gasteiger partial charge in [0.25, 0.3) is 0 Å². The molecule has 2 rings (SSSR count). The number of hydrogen-bond donors (Lipinski definition) is 1. The van der Waals surface area contributed by atoms with E-state index < -0.39 is 0 Å². The van der Waals surface area contributed by atoms with Gasteiger partial charge in [-0.2, -0.15) is 0 Å². The van der Waals surface area contributed by atoms with Gasteiger partial charge in [0.05, 0.1) is 5.92 Å². The van der Waals surface area contributed by atoms with Crippen molar-refractivity contribution in [1.29, 1.82) is 0 Å². The highest BCUT2D eigenvalue weighted by molar-refractivity contribution is 6.08. The molecule has 0 aromatic heterocycles. The summed E-state index contributed by atoms with van der Waals surface area (Å²) in [6.45, 7) is 18.6. The zero-order chi connectivity index (χ0) is 19.3. The third-order valence-electron chi connectivity index (χ3n) is 5.08. The van der Waals surface area contributed by atoms with Crippen LogP contribution in [0.15, 0.2) is 29.4 Å². The molecule has 2 heteroatoms. The molecule has 1 N–H and O–H groups in total. The molecule has 0 amide bonds. The number of phenols is 1.